The maximum atomic E-state index is 11.5. The molecule has 1 heterocycles. The number of benzene rings is 1. The van der Waals surface area contributed by atoms with E-state index in [1.807, 2.05) is 29.6 Å². The van der Waals surface area contributed by atoms with Crippen LogP contribution < -0.4 is 10.6 Å². The van der Waals surface area contributed by atoms with Gasteiger partial charge in [-0.05, 0) is 12.1 Å². The van der Waals surface area contributed by atoms with Gasteiger partial charge in [-0.3, -0.25) is 4.79 Å². The van der Waals surface area contributed by atoms with Crippen molar-refractivity contribution >= 4 is 29.0 Å². The largest absolute Gasteiger partial charge is 0.331 e. The van der Waals surface area contributed by atoms with Gasteiger partial charge in [-0.25, -0.2) is 9.78 Å². The van der Waals surface area contributed by atoms with Crippen molar-refractivity contribution in [2.24, 2.45) is 0 Å². The predicted octanol–water partition coefficient (Wildman–Crippen LogP) is 2.54. The number of aromatic nitrogens is 1. The van der Waals surface area contributed by atoms with Crippen molar-refractivity contribution in [1.82, 2.24) is 15.2 Å². The second-order valence-electron chi connectivity index (χ2n) is 4.94. The van der Waals surface area contributed by atoms with Gasteiger partial charge >= 0.3 is 6.03 Å². The number of carbonyl (C=O) groups is 2. The number of thiazole rings is 1. The van der Waals surface area contributed by atoms with E-state index >= 15 is 0 Å². The molecule has 0 aliphatic heterocycles. The van der Waals surface area contributed by atoms with Gasteiger partial charge in [-0.15, -0.1) is 11.3 Å². The lowest BCUT2D eigenvalue weighted by molar-refractivity contribution is -0.114. The van der Waals surface area contributed by atoms with Crippen LogP contribution in [0.3, 0.4) is 0 Å². The van der Waals surface area contributed by atoms with Gasteiger partial charge in [-0.1, -0.05) is 12.1 Å². The van der Waals surface area contributed by atoms with E-state index in [9.17, 15) is 9.59 Å². The number of hydrogen-bond acceptors (Lipinski definition) is 4. The lowest BCUT2D eigenvalue weighted by Gasteiger charge is -2.10. The normalized spacial score (nSPS) is 10.1. The molecule has 1 aromatic carbocycles. The minimum atomic E-state index is -0.142. The van der Waals surface area contributed by atoms with Gasteiger partial charge in [0.05, 0.1) is 12.2 Å². The molecule has 6 nitrogen and oxygen atoms in total. The number of nitrogens with one attached hydrogen (secondary N) is 2. The number of anilines is 1. The monoisotopic (exact) mass is 318 g/mol. The Hall–Kier alpha value is -2.41. The fraction of sp³-hybridized carbons (Fsp3) is 0.267. The molecule has 0 unspecified atom stereocenters. The molecule has 2 N–H and O–H groups in total. The maximum Gasteiger partial charge on any atom is 0.317 e. The lowest BCUT2D eigenvalue weighted by atomic mass is 10.1. The summed E-state index contributed by atoms with van der Waals surface area (Å²) in [6, 6.07) is 7.34. The number of rotatable bonds is 4. The molecule has 0 bridgehead atoms. The minimum Gasteiger partial charge on any atom is -0.331 e. The molecule has 3 amide bonds. The number of urea groups is 1. The third-order valence-electron chi connectivity index (χ3n) is 2.85. The van der Waals surface area contributed by atoms with Crippen LogP contribution in [-0.4, -0.2) is 35.9 Å². The standard InChI is InChI=1S/C15H18N4O2S/c1-10(20)17-12-6-4-11(5-7-12)13-9-22-14(18-13)8-16-15(21)19(2)3/h4-7,9H,8H2,1-3H3,(H,16,21)(H,17,20). The molecule has 7 heteroatoms. The first-order valence-corrected chi connectivity index (χ1v) is 7.61. The Morgan fingerprint density at radius 2 is 1.91 bits per heavy atom. The fourth-order valence-electron chi connectivity index (χ4n) is 1.76. The summed E-state index contributed by atoms with van der Waals surface area (Å²) in [4.78, 5) is 28.4. The summed E-state index contributed by atoms with van der Waals surface area (Å²) >= 11 is 1.50. The molecule has 0 fully saturated rings. The summed E-state index contributed by atoms with van der Waals surface area (Å²) < 4.78 is 0. The van der Waals surface area contributed by atoms with E-state index in [4.69, 9.17) is 0 Å². The molecule has 2 aromatic rings. The van der Waals surface area contributed by atoms with E-state index in [0.29, 0.717) is 6.54 Å². The van der Waals surface area contributed by atoms with E-state index in [1.54, 1.807) is 14.1 Å². The summed E-state index contributed by atoms with van der Waals surface area (Å²) in [7, 11) is 3.39. The van der Waals surface area contributed by atoms with Gasteiger partial charge in [0.2, 0.25) is 5.91 Å². The molecule has 1 aromatic heterocycles. The second-order valence-corrected chi connectivity index (χ2v) is 5.88. The number of amides is 3. The zero-order valence-electron chi connectivity index (χ0n) is 12.7. The Kier molecular flexibility index (Phi) is 5.11. The van der Waals surface area contributed by atoms with Gasteiger partial charge in [0, 0.05) is 37.6 Å². The zero-order valence-corrected chi connectivity index (χ0v) is 13.5. The summed E-state index contributed by atoms with van der Waals surface area (Å²) in [6.45, 7) is 1.88. The number of hydrogen-bond donors (Lipinski definition) is 2. The summed E-state index contributed by atoms with van der Waals surface area (Å²) in [5, 5.41) is 8.30. The fourth-order valence-corrected chi connectivity index (χ4v) is 2.50. The average molecular weight is 318 g/mol. The molecule has 2 rings (SSSR count). The molecule has 0 saturated carbocycles. The van der Waals surface area contributed by atoms with E-state index in [2.05, 4.69) is 15.6 Å². The van der Waals surface area contributed by atoms with Crippen molar-refractivity contribution in [2.75, 3.05) is 19.4 Å². The van der Waals surface area contributed by atoms with Gasteiger partial charge in [0.1, 0.15) is 5.01 Å². The molecular weight excluding hydrogens is 300 g/mol. The van der Waals surface area contributed by atoms with Crippen LogP contribution >= 0.6 is 11.3 Å². The van der Waals surface area contributed by atoms with Crippen LogP contribution in [0.1, 0.15) is 11.9 Å². The van der Waals surface area contributed by atoms with Crippen LogP contribution in [0, 0.1) is 0 Å². The van der Waals surface area contributed by atoms with Gasteiger partial charge in [0.25, 0.3) is 0 Å². The quantitative estimate of drug-likeness (QED) is 0.910. The van der Waals surface area contributed by atoms with Crippen molar-refractivity contribution in [3.8, 4) is 11.3 Å². The highest BCUT2D eigenvalue weighted by Crippen LogP contribution is 2.23. The second kappa shape index (κ2) is 7.04. The Morgan fingerprint density at radius 3 is 2.50 bits per heavy atom. The van der Waals surface area contributed by atoms with E-state index < -0.39 is 0 Å². The molecule has 0 radical (unpaired) electrons. The maximum absolute atomic E-state index is 11.5. The molecule has 0 aliphatic rings. The van der Waals surface area contributed by atoms with E-state index in [1.165, 1.54) is 23.2 Å². The van der Waals surface area contributed by atoms with Crippen molar-refractivity contribution in [1.29, 1.82) is 0 Å². The van der Waals surface area contributed by atoms with Crippen LogP contribution in [0.4, 0.5) is 10.5 Å². The first kappa shape index (κ1) is 16.0. The van der Waals surface area contributed by atoms with E-state index in [-0.39, 0.29) is 11.9 Å². The lowest BCUT2D eigenvalue weighted by Crippen LogP contribution is -2.33. The van der Waals surface area contributed by atoms with Gasteiger partial charge in [-0.2, -0.15) is 0 Å². The summed E-state index contributed by atoms with van der Waals surface area (Å²) in [5.74, 6) is -0.0969. The predicted molar refractivity (Wildman–Crippen MR) is 87.8 cm³/mol. The minimum absolute atomic E-state index is 0.0969. The molecule has 0 atom stereocenters. The third-order valence-corrected chi connectivity index (χ3v) is 3.70. The van der Waals surface area contributed by atoms with Crippen LogP contribution in [0.15, 0.2) is 29.6 Å². The SMILES string of the molecule is CC(=O)Nc1ccc(-c2csc(CNC(=O)N(C)C)n2)cc1. The Bertz CT molecular complexity index is 664. The molecule has 22 heavy (non-hydrogen) atoms. The molecule has 116 valence electrons. The molecular formula is C15H18N4O2S. The zero-order chi connectivity index (χ0) is 16.1. The Balaban J connectivity index is 2.01. The Labute approximate surface area is 133 Å². The number of carbonyl (C=O) groups excluding carboxylic acids is 2. The van der Waals surface area contributed by atoms with Crippen LogP contribution in [0.5, 0.6) is 0 Å². The highest BCUT2D eigenvalue weighted by atomic mass is 32.1. The average Bonchev–Trinajstić information content (AvgIpc) is 2.93. The van der Waals surface area contributed by atoms with Gasteiger partial charge in [0.15, 0.2) is 0 Å². The Morgan fingerprint density at radius 1 is 1.23 bits per heavy atom. The summed E-state index contributed by atoms with van der Waals surface area (Å²) in [6.07, 6.45) is 0. The molecule has 0 aliphatic carbocycles. The summed E-state index contributed by atoms with van der Waals surface area (Å²) in [5.41, 5.74) is 2.58. The van der Waals surface area contributed by atoms with Crippen molar-refractivity contribution in [3.05, 3.63) is 34.7 Å². The smallest absolute Gasteiger partial charge is 0.317 e. The third kappa shape index (κ3) is 4.29. The van der Waals surface area contributed by atoms with Gasteiger partial charge < -0.3 is 15.5 Å². The number of nitrogens with zero attached hydrogens (tertiary/aromatic N) is 2. The molecule has 0 saturated heterocycles. The van der Waals surface area contributed by atoms with Crippen molar-refractivity contribution in [3.63, 3.8) is 0 Å². The van der Waals surface area contributed by atoms with Crippen LogP contribution in [0.25, 0.3) is 11.3 Å². The first-order chi connectivity index (χ1) is 10.5. The first-order valence-electron chi connectivity index (χ1n) is 6.73. The molecule has 0 spiro atoms. The van der Waals surface area contributed by atoms with Crippen molar-refractivity contribution < 1.29 is 9.59 Å². The highest BCUT2D eigenvalue weighted by Gasteiger charge is 2.07. The highest BCUT2D eigenvalue weighted by molar-refractivity contribution is 7.09. The van der Waals surface area contributed by atoms with Crippen molar-refractivity contribution in [2.45, 2.75) is 13.5 Å². The topological polar surface area (TPSA) is 74.3 Å². The van der Waals surface area contributed by atoms with Crippen LogP contribution in [0.2, 0.25) is 0 Å². The van der Waals surface area contributed by atoms with Crippen LogP contribution in [-0.2, 0) is 11.3 Å². The van der Waals surface area contributed by atoms with E-state index in [0.717, 1.165) is 22.0 Å².